The minimum absolute atomic E-state index is 0.182. The van der Waals surface area contributed by atoms with Crippen molar-refractivity contribution >= 4 is 11.9 Å². The first-order valence-corrected chi connectivity index (χ1v) is 4.59. The van der Waals surface area contributed by atoms with Gasteiger partial charge in [-0.3, -0.25) is 10.1 Å². The van der Waals surface area contributed by atoms with Crippen LogP contribution in [0.2, 0.25) is 0 Å². The number of carbonyl (C=O) groups is 1. The van der Waals surface area contributed by atoms with Crippen LogP contribution >= 0.6 is 0 Å². The fraction of sp³-hybridized carbons (Fsp3) is 0.556. The molecule has 0 atom stereocenters. The number of amides is 1. The molecule has 0 spiro atoms. The van der Waals surface area contributed by atoms with Crippen molar-refractivity contribution in [2.24, 2.45) is 5.73 Å². The van der Waals surface area contributed by atoms with Gasteiger partial charge in [0.25, 0.3) is 0 Å². The molecule has 15 heavy (non-hydrogen) atoms. The second-order valence-corrected chi connectivity index (χ2v) is 3.98. The summed E-state index contributed by atoms with van der Waals surface area (Å²) in [4.78, 5) is 15.6. The highest BCUT2D eigenvalue weighted by Gasteiger charge is 2.22. The van der Waals surface area contributed by atoms with E-state index in [4.69, 9.17) is 5.73 Å². The zero-order chi connectivity index (χ0) is 11.6. The van der Waals surface area contributed by atoms with Gasteiger partial charge >= 0.3 is 0 Å². The van der Waals surface area contributed by atoms with E-state index >= 15 is 0 Å². The van der Waals surface area contributed by atoms with Gasteiger partial charge in [-0.15, -0.1) is 5.10 Å². The summed E-state index contributed by atoms with van der Waals surface area (Å²) in [6, 6.07) is 0. The summed E-state index contributed by atoms with van der Waals surface area (Å²) in [6.45, 7) is 6.81. The molecule has 0 aliphatic heterocycles. The third-order valence-corrected chi connectivity index (χ3v) is 1.90. The molecule has 1 aromatic rings. The van der Waals surface area contributed by atoms with Crippen LogP contribution in [0.5, 0.6) is 0 Å². The first kappa shape index (κ1) is 11.5. The Morgan fingerprint density at radius 2 is 1.87 bits per heavy atom. The Morgan fingerprint density at radius 1 is 1.27 bits per heavy atom. The van der Waals surface area contributed by atoms with E-state index in [1.165, 1.54) is 0 Å². The minimum Gasteiger partial charge on any atom is -0.318 e. The average Bonchev–Trinajstić information content (AvgIpc) is 2.10. The second kappa shape index (κ2) is 3.90. The van der Waals surface area contributed by atoms with Crippen molar-refractivity contribution in [2.75, 3.05) is 5.32 Å². The zero-order valence-electron chi connectivity index (χ0n) is 9.33. The Bertz CT molecular complexity index is 383. The van der Waals surface area contributed by atoms with Gasteiger partial charge in [-0.1, -0.05) is 0 Å². The van der Waals surface area contributed by atoms with Gasteiger partial charge in [-0.05, 0) is 27.7 Å². The molecule has 6 heteroatoms. The molecule has 82 valence electrons. The minimum atomic E-state index is -0.956. The number of nitrogens with zero attached hydrogens (tertiary/aromatic N) is 3. The summed E-state index contributed by atoms with van der Waals surface area (Å²) in [5.74, 6) is -0.158. The molecular weight excluding hydrogens is 194 g/mol. The number of nitrogens with two attached hydrogens (primary N) is 1. The molecule has 0 unspecified atom stereocenters. The summed E-state index contributed by atoms with van der Waals surface area (Å²) in [5, 5.41) is 10.1. The van der Waals surface area contributed by atoms with Gasteiger partial charge in [-0.25, -0.2) is 4.98 Å². The van der Waals surface area contributed by atoms with E-state index in [0.717, 1.165) is 11.4 Å². The van der Waals surface area contributed by atoms with Crippen LogP contribution in [0.25, 0.3) is 0 Å². The maximum absolute atomic E-state index is 11.5. The first-order valence-electron chi connectivity index (χ1n) is 4.59. The number of nitrogens with one attached hydrogen (secondary N) is 1. The van der Waals surface area contributed by atoms with Crippen molar-refractivity contribution in [3.05, 3.63) is 11.4 Å². The number of hydrogen-bond donors (Lipinski definition) is 2. The second-order valence-electron chi connectivity index (χ2n) is 3.98. The smallest absolute Gasteiger partial charge is 0.249 e. The lowest BCUT2D eigenvalue weighted by Crippen LogP contribution is -2.45. The molecule has 0 radical (unpaired) electrons. The summed E-state index contributed by atoms with van der Waals surface area (Å²) < 4.78 is 0. The zero-order valence-corrected chi connectivity index (χ0v) is 9.33. The monoisotopic (exact) mass is 209 g/mol. The number of rotatable bonds is 2. The molecule has 0 saturated carbocycles. The lowest BCUT2D eigenvalue weighted by atomic mass is 10.1. The molecule has 0 bridgehead atoms. The van der Waals surface area contributed by atoms with Crippen molar-refractivity contribution in [3.8, 4) is 0 Å². The van der Waals surface area contributed by atoms with Gasteiger partial charge < -0.3 is 5.73 Å². The van der Waals surface area contributed by atoms with Crippen molar-refractivity contribution in [3.63, 3.8) is 0 Å². The van der Waals surface area contributed by atoms with E-state index in [1.807, 2.05) is 0 Å². The average molecular weight is 209 g/mol. The van der Waals surface area contributed by atoms with Crippen LogP contribution < -0.4 is 11.1 Å². The predicted octanol–water partition coefficient (Wildman–Crippen LogP) is 0.164. The Hall–Kier alpha value is -1.56. The van der Waals surface area contributed by atoms with Crippen LogP contribution in [0.3, 0.4) is 0 Å². The summed E-state index contributed by atoms with van der Waals surface area (Å²) in [5.41, 5.74) is 6.12. The molecular formula is C9H15N5O. The third kappa shape index (κ3) is 2.95. The molecule has 6 nitrogen and oxygen atoms in total. The Morgan fingerprint density at radius 3 is 2.33 bits per heavy atom. The van der Waals surface area contributed by atoms with Crippen LogP contribution in [0.1, 0.15) is 25.2 Å². The van der Waals surface area contributed by atoms with Gasteiger partial charge in [0.1, 0.15) is 0 Å². The predicted molar refractivity (Wildman–Crippen MR) is 56.2 cm³/mol. The van der Waals surface area contributed by atoms with E-state index in [1.54, 1.807) is 27.7 Å². The Labute approximate surface area is 88.3 Å². The van der Waals surface area contributed by atoms with E-state index < -0.39 is 5.54 Å². The number of aromatic nitrogens is 3. The van der Waals surface area contributed by atoms with Crippen molar-refractivity contribution in [1.29, 1.82) is 0 Å². The van der Waals surface area contributed by atoms with Gasteiger partial charge in [0.15, 0.2) is 0 Å². The first-order chi connectivity index (χ1) is 6.80. The van der Waals surface area contributed by atoms with Gasteiger partial charge in [0.05, 0.1) is 16.9 Å². The number of aryl methyl sites for hydroxylation is 2. The molecule has 0 aromatic carbocycles. The third-order valence-electron chi connectivity index (χ3n) is 1.90. The van der Waals surface area contributed by atoms with Crippen molar-refractivity contribution in [1.82, 2.24) is 15.2 Å². The van der Waals surface area contributed by atoms with E-state index in [9.17, 15) is 4.79 Å². The van der Waals surface area contributed by atoms with E-state index in [0.29, 0.717) is 0 Å². The fourth-order valence-electron chi connectivity index (χ4n) is 0.772. The molecule has 1 aromatic heterocycles. The highest BCUT2D eigenvalue weighted by atomic mass is 16.2. The van der Waals surface area contributed by atoms with Crippen molar-refractivity contribution < 1.29 is 4.79 Å². The number of carbonyl (C=O) groups excluding carboxylic acids is 1. The molecule has 1 amide bonds. The molecule has 0 saturated heterocycles. The SMILES string of the molecule is Cc1nnc(NC(=O)C(C)(C)N)nc1C. The molecule has 0 aliphatic rings. The van der Waals surface area contributed by atoms with Gasteiger partial charge in [-0.2, -0.15) is 5.10 Å². The number of hydrogen-bond acceptors (Lipinski definition) is 5. The molecule has 1 rings (SSSR count). The fourth-order valence-corrected chi connectivity index (χ4v) is 0.772. The summed E-state index contributed by atoms with van der Waals surface area (Å²) in [6.07, 6.45) is 0. The standard InChI is InChI=1S/C9H15N5O/c1-5-6(2)13-14-8(11-5)12-7(15)9(3,4)10/h10H2,1-4H3,(H,11,12,14,15). The molecule has 1 heterocycles. The van der Waals surface area contributed by atoms with Crippen LogP contribution in [0, 0.1) is 13.8 Å². The van der Waals surface area contributed by atoms with Gasteiger partial charge in [0.2, 0.25) is 11.9 Å². The quantitative estimate of drug-likeness (QED) is 0.723. The van der Waals surface area contributed by atoms with E-state index in [-0.39, 0.29) is 11.9 Å². The maximum atomic E-state index is 11.5. The largest absolute Gasteiger partial charge is 0.318 e. The van der Waals surface area contributed by atoms with E-state index in [2.05, 4.69) is 20.5 Å². The van der Waals surface area contributed by atoms with Crippen LogP contribution in [-0.2, 0) is 4.79 Å². The van der Waals surface area contributed by atoms with Crippen LogP contribution in [0.15, 0.2) is 0 Å². The highest BCUT2D eigenvalue weighted by Crippen LogP contribution is 2.05. The summed E-state index contributed by atoms with van der Waals surface area (Å²) >= 11 is 0. The molecule has 0 fully saturated rings. The lowest BCUT2D eigenvalue weighted by Gasteiger charge is -2.16. The molecule has 0 aliphatic carbocycles. The Kier molecular flexibility index (Phi) is 2.99. The Balaban J connectivity index is 2.83. The highest BCUT2D eigenvalue weighted by molar-refractivity contribution is 5.95. The maximum Gasteiger partial charge on any atom is 0.249 e. The van der Waals surface area contributed by atoms with Crippen molar-refractivity contribution in [2.45, 2.75) is 33.2 Å². The van der Waals surface area contributed by atoms with Crippen LogP contribution in [-0.4, -0.2) is 26.6 Å². The topological polar surface area (TPSA) is 93.8 Å². The lowest BCUT2D eigenvalue weighted by molar-refractivity contribution is -0.120. The molecule has 3 N–H and O–H groups in total. The van der Waals surface area contributed by atoms with Crippen LogP contribution in [0.4, 0.5) is 5.95 Å². The normalized spacial score (nSPS) is 11.3. The summed E-state index contributed by atoms with van der Waals surface area (Å²) in [7, 11) is 0. The van der Waals surface area contributed by atoms with Gasteiger partial charge in [0, 0.05) is 0 Å². The number of anilines is 1.